The predicted octanol–water partition coefficient (Wildman–Crippen LogP) is 6.38. The van der Waals surface area contributed by atoms with E-state index in [0.717, 1.165) is 0 Å². The van der Waals surface area contributed by atoms with Crippen LogP contribution in [-0.4, -0.2) is 56.0 Å². The van der Waals surface area contributed by atoms with Gasteiger partial charge < -0.3 is 34.9 Å². The zero-order valence-corrected chi connectivity index (χ0v) is 27.4. The Labute approximate surface area is 279 Å². The van der Waals surface area contributed by atoms with Crippen molar-refractivity contribution in [2.45, 2.75) is 32.7 Å². The van der Waals surface area contributed by atoms with Crippen molar-refractivity contribution in [2.24, 2.45) is 0 Å². The molecule has 3 aromatic carbocycles. The normalized spacial score (nSPS) is 10.8. The summed E-state index contributed by atoms with van der Waals surface area (Å²) in [6.07, 6.45) is -0.681. The number of alkyl carbamates (subject to hydrolysis) is 1. The molecule has 248 valence electrons. The molecule has 12 heteroatoms. The van der Waals surface area contributed by atoms with Crippen molar-refractivity contribution in [3.05, 3.63) is 90.0 Å². The summed E-state index contributed by atoms with van der Waals surface area (Å²) in [5.41, 5.74) is 2.42. The molecule has 0 aliphatic rings. The summed E-state index contributed by atoms with van der Waals surface area (Å²) >= 11 is 0. The Bertz CT molecular complexity index is 1810. The number of methoxy groups -OCH3 is 2. The summed E-state index contributed by atoms with van der Waals surface area (Å²) in [5.74, 6) is 0.153. The van der Waals surface area contributed by atoms with Gasteiger partial charge in [0.15, 0.2) is 12.6 Å². The van der Waals surface area contributed by atoms with Crippen molar-refractivity contribution in [3.63, 3.8) is 0 Å². The van der Waals surface area contributed by atoms with Crippen LogP contribution >= 0.6 is 0 Å². The first-order chi connectivity index (χ1) is 23.0. The second-order valence-electron chi connectivity index (χ2n) is 11.5. The number of nitrogens with zero attached hydrogens (tertiary/aromatic N) is 2. The zero-order valence-electron chi connectivity index (χ0n) is 27.4. The predicted molar refractivity (Wildman–Crippen MR) is 181 cm³/mol. The SMILES string of the molecule is COCOc1cc(OC)ccc1-c1cc(-c2cccc(NC(=O)CCOC(=O)NC(C)(C)C)c2)c(C#N)c(NC(=O)c2ccccc2)n1. The van der Waals surface area contributed by atoms with Crippen LogP contribution < -0.4 is 25.4 Å². The van der Waals surface area contributed by atoms with Gasteiger partial charge in [-0.1, -0.05) is 30.3 Å². The molecule has 4 aromatic rings. The molecule has 0 saturated carbocycles. The summed E-state index contributed by atoms with van der Waals surface area (Å²) in [6, 6.07) is 24.5. The van der Waals surface area contributed by atoms with Crippen LogP contribution in [0.4, 0.5) is 16.3 Å². The van der Waals surface area contributed by atoms with Crippen LogP contribution in [-0.2, 0) is 14.3 Å². The fourth-order valence-corrected chi connectivity index (χ4v) is 4.53. The molecule has 4 rings (SSSR count). The maximum absolute atomic E-state index is 13.2. The summed E-state index contributed by atoms with van der Waals surface area (Å²) in [4.78, 5) is 42.6. The van der Waals surface area contributed by atoms with Gasteiger partial charge in [-0.2, -0.15) is 5.26 Å². The van der Waals surface area contributed by atoms with E-state index in [4.69, 9.17) is 23.9 Å². The minimum Gasteiger partial charge on any atom is -0.497 e. The maximum Gasteiger partial charge on any atom is 0.407 e. The van der Waals surface area contributed by atoms with Crippen molar-refractivity contribution in [3.8, 4) is 40.0 Å². The topological polar surface area (TPSA) is 161 Å². The molecule has 0 aliphatic carbocycles. The van der Waals surface area contributed by atoms with Gasteiger partial charge in [-0.3, -0.25) is 9.59 Å². The number of hydrogen-bond donors (Lipinski definition) is 3. The third kappa shape index (κ3) is 9.54. The van der Waals surface area contributed by atoms with Gasteiger partial charge in [-0.15, -0.1) is 0 Å². The van der Waals surface area contributed by atoms with Gasteiger partial charge in [-0.25, -0.2) is 9.78 Å². The van der Waals surface area contributed by atoms with Gasteiger partial charge >= 0.3 is 6.09 Å². The molecule has 0 bridgehead atoms. The second kappa shape index (κ2) is 16.1. The number of nitriles is 1. The summed E-state index contributed by atoms with van der Waals surface area (Å²) in [6.45, 7) is 5.31. The molecular formula is C36H37N5O7. The molecule has 0 radical (unpaired) electrons. The Hall–Kier alpha value is -5.93. The van der Waals surface area contributed by atoms with Gasteiger partial charge in [0.25, 0.3) is 5.91 Å². The average Bonchev–Trinajstić information content (AvgIpc) is 3.06. The average molecular weight is 652 g/mol. The molecule has 0 aliphatic heterocycles. The quantitative estimate of drug-likeness (QED) is 0.148. The van der Waals surface area contributed by atoms with Gasteiger partial charge in [-0.05, 0) is 68.8 Å². The first kappa shape index (κ1) is 34.9. The third-order valence-electron chi connectivity index (χ3n) is 6.69. The highest BCUT2D eigenvalue weighted by atomic mass is 16.7. The Morgan fingerprint density at radius 2 is 1.67 bits per heavy atom. The fraction of sp³-hybridized carbons (Fsp3) is 0.250. The number of hydrogen-bond acceptors (Lipinski definition) is 9. The molecule has 0 fully saturated rings. The van der Waals surface area contributed by atoms with E-state index in [0.29, 0.717) is 45.1 Å². The number of ether oxygens (including phenoxy) is 4. The van der Waals surface area contributed by atoms with Crippen molar-refractivity contribution in [1.29, 1.82) is 5.26 Å². The minimum atomic E-state index is -0.613. The van der Waals surface area contributed by atoms with Gasteiger partial charge in [0, 0.05) is 41.1 Å². The molecule has 3 N–H and O–H groups in total. The Kier molecular flexibility index (Phi) is 11.7. The number of aromatic nitrogens is 1. The summed E-state index contributed by atoms with van der Waals surface area (Å²) in [5, 5.41) is 18.6. The van der Waals surface area contributed by atoms with Crippen LogP contribution in [0.3, 0.4) is 0 Å². The number of rotatable bonds is 12. The number of carbonyl (C=O) groups excluding carboxylic acids is 3. The number of benzene rings is 3. The highest BCUT2D eigenvalue weighted by Crippen LogP contribution is 2.38. The first-order valence-electron chi connectivity index (χ1n) is 15.0. The Morgan fingerprint density at radius 1 is 0.896 bits per heavy atom. The molecule has 1 heterocycles. The first-order valence-corrected chi connectivity index (χ1v) is 15.0. The highest BCUT2D eigenvalue weighted by Gasteiger charge is 2.21. The van der Waals surface area contributed by atoms with E-state index in [-0.39, 0.29) is 37.1 Å². The summed E-state index contributed by atoms with van der Waals surface area (Å²) in [7, 11) is 3.03. The van der Waals surface area contributed by atoms with Crippen molar-refractivity contribution >= 4 is 29.4 Å². The number of nitrogens with one attached hydrogen (secondary N) is 3. The monoisotopic (exact) mass is 651 g/mol. The van der Waals surface area contributed by atoms with Crippen LogP contribution in [0.2, 0.25) is 0 Å². The van der Waals surface area contributed by atoms with Crippen molar-refractivity contribution in [1.82, 2.24) is 10.3 Å². The van der Waals surface area contributed by atoms with E-state index in [2.05, 4.69) is 22.0 Å². The van der Waals surface area contributed by atoms with Gasteiger partial charge in [0.1, 0.15) is 29.7 Å². The largest absolute Gasteiger partial charge is 0.497 e. The van der Waals surface area contributed by atoms with Gasteiger partial charge in [0.2, 0.25) is 5.91 Å². The van der Waals surface area contributed by atoms with Crippen LogP contribution in [0.5, 0.6) is 11.5 Å². The Balaban J connectivity index is 1.71. The van der Waals surface area contributed by atoms with Crippen LogP contribution in [0, 0.1) is 11.3 Å². The van der Waals surface area contributed by atoms with E-state index in [9.17, 15) is 19.6 Å². The fourth-order valence-electron chi connectivity index (χ4n) is 4.53. The minimum absolute atomic E-state index is 0.0347. The molecule has 48 heavy (non-hydrogen) atoms. The third-order valence-corrected chi connectivity index (χ3v) is 6.69. The van der Waals surface area contributed by atoms with E-state index >= 15 is 0 Å². The van der Waals surface area contributed by atoms with Crippen molar-refractivity contribution < 1.29 is 33.3 Å². The van der Waals surface area contributed by atoms with E-state index in [1.54, 1.807) is 78.9 Å². The lowest BCUT2D eigenvalue weighted by molar-refractivity contribution is -0.116. The molecular weight excluding hydrogens is 614 g/mol. The van der Waals surface area contributed by atoms with Crippen LogP contribution in [0.1, 0.15) is 43.1 Å². The highest BCUT2D eigenvalue weighted by molar-refractivity contribution is 6.05. The lowest BCUT2D eigenvalue weighted by atomic mass is 9.97. The van der Waals surface area contributed by atoms with Crippen LogP contribution in [0.15, 0.2) is 78.9 Å². The number of pyridine rings is 1. The van der Waals surface area contributed by atoms with E-state index in [1.807, 2.05) is 20.8 Å². The lowest BCUT2D eigenvalue weighted by Crippen LogP contribution is -2.41. The lowest BCUT2D eigenvalue weighted by Gasteiger charge is -2.19. The molecule has 3 amide bonds. The molecule has 0 spiro atoms. The van der Waals surface area contributed by atoms with E-state index < -0.39 is 17.5 Å². The second-order valence-corrected chi connectivity index (χ2v) is 11.5. The molecule has 0 unspecified atom stereocenters. The zero-order chi connectivity index (χ0) is 34.7. The number of anilines is 2. The molecule has 0 saturated heterocycles. The number of amides is 3. The Morgan fingerprint density at radius 3 is 2.35 bits per heavy atom. The smallest absolute Gasteiger partial charge is 0.407 e. The van der Waals surface area contributed by atoms with E-state index in [1.165, 1.54) is 14.2 Å². The maximum atomic E-state index is 13.2. The van der Waals surface area contributed by atoms with Gasteiger partial charge in [0.05, 0.1) is 19.2 Å². The van der Waals surface area contributed by atoms with Crippen LogP contribution in [0.25, 0.3) is 22.4 Å². The van der Waals surface area contributed by atoms with Crippen molar-refractivity contribution in [2.75, 3.05) is 38.3 Å². The number of carbonyl (C=O) groups is 3. The summed E-state index contributed by atoms with van der Waals surface area (Å²) < 4.78 is 21.4. The standard InChI is InChI=1S/C36H37N5O7/c1-36(2,3)41-35(44)47-17-16-32(42)38-25-13-9-12-24(18-25)28-20-30(27-15-14-26(46-5)19-31(27)48-22-45-4)39-33(29(28)21-37)40-34(43)23-10-7-6-8-11-23/h6-15,18-20H,16-17,22H2,1-5H3,(H,38,42)(H,41,44)(H,39,40,43). The molecule has 1 aromatic heterocycles. The molecule has 0 atom stereocenters. The molecule has 12 nitrogen and oxygen atoms in total.